The van der Waals surface area contributed by atoms with E-state index in [0.29, 0.717) is 19.1 Å². The highest BCUT2D eigenvalue weighted by Crippen LogP contribution is 2.26. The summed E-state index contributed by atoms with van der Waals surface area (Å²) in [4.78, 5) is 0. The first kappa shape index (κ1) is 14.5. The van der Waals surface area contributed by atoms with Crippen LogP contribution in [0.1, 0.15) is 31.2 Å². The van der Waals surface area contributed by atoms with Crippen LogP contribution in [-0.4, -0.2) is 12.6 Å². The van der Waals surface area contributed by atoms with Crippen molar-refractivity contribution in [1.29, 1.82) is 0 Å². The van der Waals surface area contributed by atoms with E-state index < -0.39 is 0 Å². The zero-order valence-corrected chi connectivity index (χ0v) is 11.0. The predicted molar refractivity (Wildman–Crippen MR) is 73.3 cm³/mol. The Labute approximate surface area is 110 Å². The fourth-order valence-corrected chi connectivity index (χ4v) is 2.41. The highest BCUT2D eigenvalue weighted by Gasteiger charge is 2.21. The van der Waals surface area contributed by atoms with Gasteiger partial charge in [-0.1, -0.05) is 43.2 Å². The van der Waals surface area contributed by atoms with Crippen molar-refractivity contribution in [2.75, 3.05) is 6.61 Å². The zero-order valence-electron chi connectivity index (χ0n) is 10.2. The van der Waals surface area contributed by atoms with E-state index in [4.69, 9.17) is 10.5 Å². The third-order valence-corrected chi connectivity index (χ3v) is 3.43. The highest BCUT2D eigenvalue weighted by atomic mass is 35.5. The van der Waals surface area contributed by atoms with Crippen LogP contribution < -0.4 is 5.73 Å². The smallest absolute Gasteiger partial charge is 0.0717 e. The van der Waals surface area contributed by atoms with E-state index in [2.05, 4.69) is 12.1 Å². The molecule has 0 radical (unpaired) electrons. The van der Waals surface area contributed by atoms with Crippen molar-refractivity contribution in [3.63, 3.8) is 0 Å². The number of halogens is 1. The van der Waals surface area contributed by atoms with Gasteiger partial charge in [-0.15, -0.1) is 12.4 Å². The number of ether oxygens (including phenoxy) is 1. The second-order valence-electron chi connectivity index (χ2n) is 4.71. The Bertz CT molecular complexity index is 298. The minimum Gasteiger partial charge on any atom is -0.375 e. The first-order valence-electron chi connectivity index (χ1n) is 6.23. The molecule has 1 unspecified atom stereocenters. The van der Waals surface area contributed by atoms with Gasteiger partial charge in [0.1, 0.15) is 0 Å². The largest absolute Gasteiger partial charge is 0.375 e. The molecule has 2 rings (SSSR count). The molecule has 0 aliphatic heterocycles. The Morgan fingerprint density at radius 1 is 1.18 bits per heavy atom. The normalized spacial score (nSPS) is 17.7. The summed E-state index contributed by atoms with van der Waals surface area (Å²) in [6.45, 7) is 1.38. The highest BCUT2D eigenvalue weighted by molar-refractivity contribution is 5.85. The molecule has 1 aromatic carbocycles. The topological polar surface area (TPSA) is 35.2 Å². The average molecular weight is 256 g/mol. The lowest BCUT2D eigenvalue weighted by atomic mass is 10.00. The van der Waals surface area contributed by atoms with Crippen molar-refractivity contribution in [3.05, 3.63) is 35.9 Å². The summed E-state index contributed by atoms with van der Waals surface area (Å²) in [6, 6.07) is 10.5. The van der Waals surface area contributed by atoms with E-state index in [0.717, 1.165) is 0 Å². The molecule has 0 saturated heterocycles. The van der Waals surface area contributed by atoms with Crippen molar-refractivity contribution in [2.45, 2.75) is 38.3 Å². The van der Waals surface area contributed by atoms with Crippen LogP contribution in [0.5, 0.6) is 0 Å². The van der Waals surface area contributed by atoms with Gasteiger partial charge < -0.3 is 10.5 Å². The van der Waals surface area contributed by atoms with E-state index in [1.54, 1.807) is 0 Å². The minimum absolute atomic E-state index is 0. The summed E-state index contributed by atoms with van der Waals surface area (Å²) in [5.74, 6) is 0.691. The van der Waals surface area contributed by atoms with Crippen LogP contribution >= 0.6 is 12.4 Å². The number of nitrogens with two attached hydrogens (primary N) is 1. The molecule has 1 fully saturated rings. The fourth-order valence-electron chi connectivity index (χ4n) is 2.41. The molecule has 1 aliphatic carbocycles. The Morgan fingerprint density at radius 2 is 1.82 bits per heavy atom. The molecule has 1 atom stereocenters. The lowest BCUT2D eigenvalue weighted by molar-refractivity contribution is 0.0937. The molecule has 96 valence electrons. The molecule has 1 aliphatic rings. The first-order chi connectivity index (χ1) is 7.86. The van der Waals surface area contributed by atoms with Crippen molar-refractivity contribution >= 4 is 12.4 Å². The van der Waals surface area contributed by atoms with Crippen molar-refractivity contribution in [1.82, 2.24) is 0 Å². The number of hydrogen-bond acceptors (Lipinski definition) is 2. The van der Waals surface area contributed by atoms with Gasteiger partial charge in [0.15, 0.2) is 0 Å². The van der Waals surface area contributed by atoms with Gasteiger partial charge in [0.2, 0.25) is 0 Å². The van der Waals surface area contributed by atoms with Crippen molar-refractivity contribution in [2.24, 2.45) is 11.7 Å². The third kappa shape index (κ3) is 4.66. The summed E-state index contributed by atoms with van der Waals surface area (Å²) in [5.41, 5.74) is 7.34. The van der Waals surface area contributed by atoms with Gasteiger partial charge in [0, 0.05) is 6.04 Å². The van der Waals surface area contributed by atoms with Crippen LogP contribution in [0.2, 0.25) is 0 Å². The Kier molecular flexibility index (Phi) is 6.56. The van der Waals surface area contributed by atoms with Crippen molar-refractivity contribution < 1.29 is 4.74 Å². The molecule has 0 amide bonds. The van der Waals surface area contributed by atoms with Crippen LogP contribution in [0.3, 0.4) is 0 Å². The van der Waals surface area contributed by atoms with Gasteiger partial charge in [-0.05, 0) is 24.3 Å². The fraction of sp³-hybridized carbons (Fsp3) is 0.571. The first-order valence-corrected chi connectivity index (χ1v) is 6.23. The summed E-state index contributed by atoms with van der Waals surface area (Å²) in [5, 5.41) is 0. The lowest BCUT2D eigenvalue weighted by Crippen LogP contribution is -2.33. The quantitative estimate of drug-likeness (QED) is 0.877. The van der Waals surface area contributed by atoms with Crippen LogP contribution in [0.4, 0.5) is 0 Å². The van der Waals surface area contributed by atoms with Crippen LogP contribution in [0, 0.1) is 5.92 Å². The van der Waals surface area contributed by atoms with E-state index >= 15 is 0 Å². The maximum atomic E-state index is 6.12. The molecule has 1 saturated carbocycles. The van der Waals surface area contributed by atoms with E-state index in [-0.39, 0.29) is 18.4 Å². The van der Waals surface area contributed by atoms with Gasteiger partial charge in [-0.25, -0.2) is 0 Å². The van der Waals surface area contributed by atoms with Gasteiger partial charge in [0.05, 0.1) is 13.2 Å². The molecule has 17 heavy (non-hydrogen) atoms. The molecular formula is C14H22ClNO. The summed E-state index contributed by atoms with van der Waals surface area (Å²) in [7, 11) is 0. The summed E-state index contributed by atoms with van der Waals surface area (Å²) < 4.78 is 5.67. The lowest BCUT2D eigenvalue weighted by Gasteiger charge is -2.18. The summed E-state index contributed by atoms with van der Waals surface area (Å²) >= 11 is 0. The standard InChI is InChI=1S/C14H21NO.ClH/c15-14(13-8-4-5-9-13)11-16-10-12-6-2-1-3-7-12;/h1-3,6-7,13-14H,4-5,8-11,15H2;1H. The number of rotatable bonds is 5. The molecule has 0 spiro atoms. The van der Waals surface area contributed by atoms with Crippen molar-refractivity contribution in [3.8, 4) is 0 Å². The SMILES string of the molecule is Cl.NC(COCc1ccccc1)C1CCCC1. The van der Waals surface area contributed by atoms with Crippen LogP contribution in [0.15, 0.2) is 30.3 Å². The molecule has 2 nitrogen and oxygen atoms in total. The second-order valence-corrected chi connectivity index (χ2v) is 4.71. The van der Waals surface area contributed by atoms with Gasteiger partial charge in [0.25, 0.3) is 0 Å². The zero-order chi connectivity index (χ0) is 11.2. The van der Waals surface area contributed by atoms with E-state index in [1.807, 2.05) is 18.2 Å². The van der Waals surface area contributed by atoms with Crippen LogP contribution in [0.25, 0.3) is 0 Å². The number of benzene rings is 1. The van der Waals surface area contributed by atoms with Gasteiger partial charge in [-0.2, -0.15) is 0 Å². The minimum atomic E-state index is 0. The van der Waals surface area contributed by atoms with E-state index in [9.17, 15) is 0 Å². The Hall–Kier alpha value is -0.570. The molecule has 0 bridgehead atoms. The Morgan fingerprint density at radius 3 is 2.47 bits per heavy atom. The maximum Gasteiger partial charge on any atom is 0.0717 e. The van der Waals surface area contributed by atoms with E-state index in [1.165, 1.54) is 31.2 Å². The predicted octanol–water partition coefficient (Wildman–Crippen LogP) is 3.14. The third-order valence-electron chi connectivity index (χ3n) is 3.43. The van der Waals surface area contributed by atoms with Gasteiger partial charge >= 0.3 is 0 Å². The monoisotopic (exact) mass is 255 g/mol. The van der Waals surface area contributed by atoms with Crippen LogP contribution in [-0.2, 0) is 11.3 Å². The molecule has 0 heterocycles. The molecule has 3 heteroatoms. The average Bonchev–Trinajstić information content (AvgIpc) is 2.84. The maximum absolute atomic E-state index is 6.12. The molecule has 0 aromatic heterocycles. The van der Waals surface area contributed by atoms with Gasteiger partial charge in [-0.3, -0.25) is 0 Å². The summed E-state index contributed by atoms with van der Waals surface area (Å²) in [6.07, 6.45) is 5.26. The molecular weight excluding hydrogens is 234 g/mol. The molecule has 1 aromatic rings. The second kappa shape index (κ2) is 7.70. The Balaban J connectivity index is 0.00000144. The molecule has 2 N–H and O–H groups in total. The number of hydrogen-bond donors (Lipinski definition) is 1.